The number of halogens is 3. The molecular formula is C19H21F3N6O2. The minimum Gasteiger partial charge on any atom is -0.493 e. The standard InChI is InChI=1S/C19H21F3N6O2/c1-23-18(25-11-17-27-26-16-5-3-4-8-28(16)17)24-10-13-6-7-14(15(9-13)29-2)30-12-19(20,21)22/h3-9H,10-12H2,1-2H3,(H2,23,24,25). The average molecular weight is 422 g/mol. The largest absolute Gasteiger partial charge is 0.493 e. The summed E-state index contributed by atoms with van der Waals surface area (Å²) in [5.41, 5.74) is 1.53. The van der Waals surface area contributed by atoms with Crippen molar-refractivity contribution in [1.82, 2.24) is 25.2 Å². The number of aliphatic imine (C=N–C) groups is 1. The summed E-state index contributed by atoms with van der Waals surface area (Å²) >= 11 is 0. The lowest BCUT2D eigenvalue weighted by Gasteiger charge is -2.15. The van der Waals surface area contributed by atoms with Crippen LogP contribution in [0.4, 0.5) is 13.2 Å². The Hall–Kier alpha value is -3.50. The van der Waals surface area contributed by atoms with E-state index in [-0.39, 0.29) is 11.5 Å². The Bertz CT molecular complexity index is 1020. The van der Waals surface area contributed by atoms with E-state index in [2.05, 4.69) is 25.8 Å². The van der Waals surface area contributed by atoms with Gasteiger partial charge in [-0.15, -0.1) is 10.2 Å². The van der Waals surface area contributed by atoms with Crippen molar-refractivity contribution in [2.45, 2.75) is 19.3 Å². The zero-order chi connectivity index (χ0) is 21.6. The molecule has 0 bridgehead atoms. The number of ether oxygens (including phenoxy) is 2. The Morgan fingerprint density at radius 1 is 1.10 bits per heavy atom. The molecule has 2 N–H and O–H groups in total. The van der Waals surface area contributed by atoms with Gasteiger partial charge in [0.25, 0.3) is 0 Å². The number of hydrogen-bond acceptors (Lipinski definition) is 5. The van der Waals surface area contributed by atoms with Crippen molar-refractivity contribution >= 4 is 11.6 Å². The fourth-order valence-corrected chi connectivity index (χ4v) is 2.68. The van der Waals surface area contributed by atoms with Gasteiger partial charge in [-0.25, -0.2) is 0 Å². The molecule has 0 unspecified atom stereocenters. The predicted octanol–water partition coefficient (Wildman–Crippen LogP) is 2.54. The molecule has 3 aromatic rings. The van der Waals surface area contributed by atoms with Gasteiger partial charge < -0.3 is 20.1 Å². The molecule has 0 aliphatic heterocycles. The Kier molecular flexibility index (Phi) is 6.60. The Morgan fingerprint density at radius 3 is 2.63 bits per heavy atom. The maximum Gasteiger partial charge on any atom is 0.422 e. The van der Waals surface area contributed by atoms with Crippen molar-refractivity contribution in [3.05, 3.63) is 54.0 Å². The summed E-state index contributed by atoms with van der Waals surface area (Å²) in [6.07, 6.45) is -2.55. The lowest BCUT2D eigenvalue weighted by molar-refractivity contribution is -0.153. The van der Waals surface area contributed by atoms with Gasteiger partial charge in [0.05, 0.1) is 13.7 Å². The molecular weight excluding hydrogens is 401 g/mol. The van der Waals surface area contributed by atoms with Crippen LogP contribution in [0.3, 0.4) is 0 Å². The van der Waals surface area contributed by atoms with E-state index in [0.717, 1.165) is 17.0 Å². The zero-order valence-electron chi connectivity index (χ0n) is 16.4. The van der Waals surface area contributed by atoms with Crippen molar-refractivity contribution in [2.24, 2.45) is 4.99 Å². The highest BCUT2D eigenvalue weighted by molar-refractivity contribution is 5.79. The molecule has 0 fully saturated rings. The molecule has 30 heavy (non-hydrogen) atoms. The van der Waals surface area contributed by atoms with E-state index in [0.29, 0.717) is 19.0 Å². The van der Waals surface area contributed by atoms with Crippen LogP contribution in [0.15, 0.2) is 47.6 Å². The third-order valence-electron chi connectivity index (χ3n) is 4.10. The van der Waals surface area contributed by atoms with Crippen LogP contribution >= 0.6 is 0 Å². The van der Waals surface area contributed by atoms with Gasteiger partial charge in [-0.05, 0) is 29.8 Å². The minimum absolute atomic E-state index is 0.0276. The van der Waals surface area contributed by atoms with Gasteiger partial charge in [0.1, 0.15) is 0 Å². The number of alkyl halides is 3. The molecule has 0 amide bonds. The van der Waals surface area contributed by atoms with E-state index < -0.39 is 12.8 Å². The molecule has 160 valence electrons. The number of nitrogens with zero attached hydrogens (tertiary/aromatic N) is 4. The quantitative estimate of drug-likeness (QED) is 0.450. The number of aromatic nitrogens is 3. The van der Waals surface area contributed by atoms with Gasteiger partial charge in [-0.1, -0.05) is 12.1 Å². The van der Waals surface area contributed by atoms with Crippen LogP contribution in [-0.4, -0.2) is 47.5 Å². The van der Waals surface area contributed by atoms with Crippen molar-refractivity contribution in [3.8, 4) is 11.5 Å². The van der Waals surface area contributed by atoms with Crippen LogP contribution in [0, 0.1) is 0 Å². The first kappa shape index (κ1) is 21.2. The zero-order valence-corrected chi connectivity index (χ0v) is 16.4. The maximum atomic E-state index is 12.4. The molecule has 0 aliphatic rings. The van der Waals surface area contributed by atoms with Crippen molar-refractivity contribution in [1.29, 1.82) is 0 Å². The summed E-state index contributed by atoms with van der Waals surface area (Å²) in [4.78, 5) is 4.16. The smallest absolute Gasteiger partial charge is 0.422 e. The third-order valence-corrected chi connectivity index (χ3v) is 4.10. The van der Waals surface area contributed by atoms with Gasteiger partial charge in [-0.2, -0.15) is 13.2 Å². The lowest BCUT2D eigenvalue weighted by Crippen LogP contribution is -2.36. The summed E-state index contributed by atoms with van der Waals surface area (Å²) < 4.78 is 48.9. The first-order chi connectivity index (χ1) is 14.4. The van der Waals surface area contributed by atoms with Crippen LogP contribution in [0.2, 0.25) is 0 Å². The number of pyridine rings is 1. The van der Waals surface area contributed by atoms with E-state index in [1.54, 1.807) is 19.2 Å². The van der Waals surface area contributed by atoms with E-state index in [9.17, 15) is 13.2 Å². The van der Waals surface area contributed by atoms with Gasteiger partial charge in [-0.3, -0.25) is 9.39 Å². The molecule has 2 aromatic heterocycles. The lowest BCUT2D eigenvalue weighted by atomic mass is 10.2. The van der Waals surface area contributed by atoms with Crippen LogP contribution < -0.4 is 20.1 Å². The van der Waals surface area contributed by atoms with Crippen LogP contribution in [0.25, 0.3) is 5.65 Å². The SMILES string of the molecule is CN=C(NCc1ccc(OCC(F)(F)F)c(OC)c1)NCc1nnc2ccccn12. The minimum atomic E-state index is -4.42. The molecule has 8 nitrogen and oxygen atoms in total. The summed E-state index contributed by atoms with van der Waals surface area (Å²) in [6, 6.07) is 10.3. The summed E-state index contributed by atoms with van der Waals surface area (Å²) in [6.45, 7) is -0.608. The molecule has 2 heterocycles. The molecule has 0 aliphatic carbocycles. The fraction of sp³-hybridized carbons (Fsp3) is 0.316. The second kappa shape index (κ2) is 9.33. The average Bonchev–Trinajstić information content (AvgIpc) is 3.15. The summed E-state index contributed by atoms with van der Waals surface area (Å²) in [5.74, 6) is 1.50. The summed E-state index contributed by atoms with van der Waals surface area (Å²) in [7, 11) is 3.00. The fourth-order valence-electron chi connectivity index (χ4n) is 2.68. The normalized spacial score (nSPS) is 12.1. The van der Waals surface area contributed by atoms with Gasteiger partial charge in [0, 0.05) is 19.8 Å². The second-order valence-corrected chi connectivity index (χ2v) is 6.21. The van der Waals surface area contributed by atoms with Gasteiger partial charge in [0.15, 0.2) is 35.5 Å². The summed E-state index contributed by atoms with van der Waals surface area (Å²) in [5, 5.41) is 14.5. The highest BCUT2D eigenvalue weighted by atomic mass is 19.4. The number of benzene rings is 1. The molecule has 3 rings (SSSR count). The highest BCUT2D eigenvalue weighted by Crippen LogP contribution is 2.29. The molecule has 0 saturated carbocycles. The maximum absolute atomic E-state index is 12.4. The first-order valence-corrected chi connectivity index (χ1v) is 8.99. The van der Waals surface area contributed by atoms with Crippen LogP contribution in [0.1, 0.15) is 11.4 Å². The molecule has 0 spiro atoms. The monoisotopic (exact) mass is 422 g/mol. The Morgan fingerprint density at radius 2 is 1.90 bits per heavy atom. The molecule has 0 saturated heterocycles. The third kappa shape index (κ3) is 5.52. The molecule has 0 radical (unpaired) electrons. The number of guanidine groups is 1. The molecule has 0 atom stereocenters. The Labute approximate surface area is 170 Å². The van der Waals surface area contributed by atoms with Crippen molar-refractivity contribution in [2.75, 3.05) is 20.8 Å². The van der Waals surface area contributed by atoms with Crippen LogP contribution in [-0.2, 0) is 13.1 Å². The number of fused-ring (bicyclic) bond motifs is 1. The van der Waals surface area contributed by atoms with E-state index in [1.165, 1.54) is 13.2 Å². The van der Waals surface area contributed by atoms with E-state index in [1.807, 2.05) is 28.8 Å². The topological polar surface area (TPSA) is 85.1 Å². The number of rotatable bonds is 7. The van der Waals surface area contributed by atoms with Crippen molar-refractivity contribution in [3.63, 3.8) is 0 Å². The van der Waals surface area contributed by atoms with E-state index in [4.69, 9.17) is 9.47 Å². The van der Waals surface area contributed by atoms with Crippen LogP contribution in [0.5, 0.6) is 11.5 Å². The van der Waals surface area contributed by atoms with Gasteiger partial charge in [0.2, 0.25) is 0 Å². The predicted molar refractivity (Wildman–Crippen MR) is 105 cm³/mol. The second-order valence-electron chi connectivity index (χ2n) is 6.21. The highest BCUT2D eigenvalue weighted by Gasteiger charge is 2.29. The van der Waals surface area contributed by atoms with E-state index >= 15 is 0 Å². The van der Waals surface area contributed by atoms with Crippen molar-refractivity contribution < 1.29 is 22.6 Å². The Balaban J connectivity index is 1.58. The number of hydrogen-bond donors (Lipinski definition) is 2. The number of methoxy groups -OCH3 is 1. The number of nitrogens with one attached hydrogen (secondary N) is 2. The van der Waals surface area contributed by atoms with Gasteiger partial charge >= 0.3 is 6.18 Å². The molecule has 1 aromatic carbocycles. The molecule has 11 heteroatoms. The first-order valence-electron chi connectivity index (χ1n) is 8.99.